The van der Waals surface area contributed by atoms with Crippen molar-refractivity contribution < 1.29 is 0 Å². The molecule has 0 spiro atoms. The van der Waals surface area contributed by atoms with E-state index in [0.29, 0.717) is 10.3 Å². The van der Waals surface area contributed by atoms with E-state index in [1.54, 1.807) is 6.20 Å². The van der Waals surface area contributed by atoms with Gasteiger partial charge in [-0.3, -0.25) is 9.88 Å². The first kappa shape index (κ1) is 18.2. The number of fused-ring (bicyclic) bond motifs is 1. The van der Waals surface area contributed by atoms with Gasteiger partial charge in [-0.1, -0.05) is 11.6 Å². The molecule has 1 N–H and O–H groups in total. The lowest BCUT2D eigenvalue weighted by atomic mass is 10.2. The van der Waals surface area contributed by atoms with Crippen LogP contribution in [-0.4, -0.2) is 59.1 Å². The van der Waals surface area contributed by atoms with E-state index in [0.717, 1.165) is 61.7 Å². The molecule has 1 fully saturated rings. The van der Waals surface area contributed by atoms with Gasteiger partial charge in [-0.15, -0.1) is 0 Å². The van der Waals surface area contributed by atoms with Crippen molar-refractivity contribution in [3.8, 4) is 0 Å². The van der Waals surface area contributed by atoms with Gasteiger partial charge in [-0.2, -0.15) is 0 Å². The van der Waals surface area contributed by atoms with Gasteiger partial charge in [-0.25, -0.2) is 9.97 Å². The fourth-order valence-electron chi connectivity index (χ4n) is 3.33. The molecule has 0 amide bonds. The van der Waals surface area contributed by atoms with Crippen molar-refractivity contribution >= 4 is 45.6 Å². The summed E-state index contributed by atoms with van der Waals surface area (Å²) in [6.07, 6.45) is 3.51. The Labute approximate surface area is 168 Å². The summed E-state index contributed by atoms with van der Waals surface area (Å²) in [4.78, 5) is 17.3. The topological polar surface area (TPSA) is 57.2 Å². The summed E-state index contributed by atoms with van der Waals surface area (Å²) in [7, 11) is 0. The molecule has 0 unspecified atom stereocenters. The summed E-state index contributed by atoms with van der Waals surface area (Å²) in [5.74, 6) is 0.898. The van der Waals surface area contributed by atoms with Gasteiger partial charge in [0.25, 0.3) is 0 Å². The average Bonchev–Trinajstić information content (AvgIpc) is 2.68. The van der Waals surface area contributed by atoms with Crippen LogP contribution in [0.5, 0.6) is 0 Å². The van der Waals surface area contributed by atoms with Gasteiger partial charge < -0.3 is 10.2 Å². The van der Waals surface area contributed by atoms with E-state index in [-0.39, 0.29) is 0 Å². The maximum atomic E-state index is 6.06. The van der Waals surface area contributed by atoms with Crippen molar-refractivity contribution in [2.75, 3.05) is 49.5 Å². The number of halogens is 2. The zero-order valence-corrected chi connectivity index (χ0v) is 16.3. The molecule has 1 aliphatic heterocycles. The molecule has 1 saturated heterocycles. The molecule has 140 valence electrons. The van der Waals surface area contributed by atoms with Crippen LogP contribution < -0.4 is 10.2 Å². The molecule has 1 aliphatic rings. The number of hydrogen-bond donors (Lipinski definition) is 1. The Bertz CT molecular complexity index is 927. The minimum Gasteiger partial charge on any atom is -0.383 e. The van der Waals surface area contributed by atoms with Crippen LogP contribution in [0.25, 0.3) is 10.9 Å². The lowest BCUT2D eigenvalue weighted by Crippen LogP contribution is -2.47. The Hall–Kier alpha value is -2.15. The van der Waals surface area contributed by atoms with Crippen molar-refractivity contribution in [3.63, 3.8) is 0 Å². The molecule has 0 radical (unpaired) electrons. The highest BCUT2D eigenvalue weighted by atomic mass is 35.5. The maximum Gasteiger partial charge on any atom is 0.224 e. The lowest BCUT2D eigenvalue weighted by Gasteiger charge is -2.35. The predicted octanol–water partition coefficient (Wildman–Crippen LogP) is 3.57. The van der Waals surface area contributed by atoms with Gasteiger partial charge in [-0.05, 0) is 41.9 Å². The van der Waals surface area contributed by atoms with E-state index in [1.165, 1.54) is 0 Å². The van der Waals surface area contributed by atoms with Gasteiger partial charge in [0.15, 0.2) is 0 Å². The Balaban J connectivity index is 1.30. The molecule has 0 saturated carbocycles. The number of benzene rings is 1. The summed E-state index contributed by atoms with van der Waals surface area (Å²) in [5.41, 5.74) is 2.00. The fourth-order valence-corrected chi connectivity index (χ4v) is 3.64. The predicted molar refractivity (Wildman–Crippen MR) is 111 cm³/mol. The van der Waals surface area contributed by atoms with E-state index < -0.39 is 0 Å². The highest BCUT2D eigenvalue weighted by molar-refractivity contribution is 6.31. The van der Waals surface area contributed by atoms with Crippen LogP contribution in [0.2, 0.25) is 10.3 Å². The molecule has 3 heterocycles. The molecule has 6 nitrogen and oxygen atoms in total. The molecule has 4 rings (SSSR count). The van der Waals surface area contributed by atoms with Crippen LogP contribution in [0.15, 0.2) is 42.7 Å². The first-order valence-corrected chi connectivity index (χ1v) is 9.69. The van der Waals surface area contributed by atoms with Gasteiger partial charge in [0.2, 0.25) is 5.28 Å². The second kappa shape index (κ2) is 8.25. The van der Waals surface area contributed by atoms with E-state index in [2.05, 4.69) is 30.1 Å². The third kappa shape index (κ3) is 4.40. The number of rotatable bonds is 5. The molecule has 0 aliphatic carbocycles. The molecular weight excluding hydrogens is 383 g/mol. The number of nitrogens with zero attached hydrogens (tertiary/aromatic N) is 5. The zero-order chi connectivity index (χ0) is 18.6. The average molecular weight is 403 g/mol. The van der Waals surface area contributed by atoms with Crippen LogP contribution in [0.3, 0.4) is 0 Å². The molecular formula is C19H20Cl2N6. The summed E-state index contributed by atoms with van der Waals surface area (Å²) in [6, 6.07) is 9.71. The highest BCUT2D eigenvalue weighted by Gasteiger charge is 2.18. The van der Waals surface area contributed by atoms with Crippen LogP contribution in [0, 0.1) is 0 Å². The Kier molecular flexibility index (Phi) is 5.57. The first-order valence-electron chi connectivity index (χ1n) is 8.93. The quantitative estimate of drug-likeness (QED) is 0.658. The Morgan fingerprint density at radius 1 is 0.963 bits per heavy atom. The molecule has 8 heteroatoms. The van der Waals surface area contributed by atoms with Crippen LogP contribution >= 0.6 is 23.2 Å². The van der Waals surface area contributed by atoms with Crippen molar-refractivity contribution in [3.05, 3.63) is 53.0 Å². The van der Waals surface area contributed by atoms with Crippen molar-refractivity contribution in [2.24, 2.45) is 0 Å². The van der Waals surface area contributed by atoms with Crippen molar-refractivity contribution in [1.29, 1.82) is 0 Å². The number of aromatic nitrogens is 3. The molecule has 0 atom stereocenters. The molecule has 1 aromatic carbocycles. The van der Waals surface area contributed by atoms with E-state index in [1.807, 2.05) is 36.5 Å². The number of pyridine rings is 1. The van der Waals surface area contributed by atoms with Crippen LogP contribution in [-0.2, 0) is 0 Å². The van der Waals surface area contributed by atoms with Crippen LogP contribution in [0.4, 0.5) is 11.5 Å². The summed E-state index contributed by atoms with van der Waals surface area (Å²) in [6.45, 7) is 5.72. The van der Waals surface area contributed by atoms with E-state index in [9.17, 15) is 0 Å². The fraction of sp³-hybridized carbons (Fsp3) is 0.316. The van der Waals surface area contributed by atoms with Crippen molar-refractivity contribution in [1.82, 2.24) is 19.9 Å². The number of hydrogen-bond acceptors (Lipinski definition) is 6. The van der Waals surface area contributed by atoms with Gasteiger partial charge in [0.05, 0.1) is 5.52 Å². The molecule has 27 heavy (non-hydrogen) atoms. The van der Waals surface area contributed by atoms with Crippen molar-refractivity contribution in [2.45, 2.75) is 0 Å². The van der Waals surface area contributed by atoms with Crippen LogP contribution in [0.1, 0.15) is 0 Å². The first-order chi connectivity index (χ1) is 13.2. The van der Waals surface area contributed by atoms with Gasteiger partial charge in [0.1, 0.15) is 5.82 Å². The number of piperazine rings is 1. The number of anilines is 2. The minimum atomic E-state index is 0.296. The Morgan fingerprint density at radius 2 is 1.78 bits per heavy atom. The van der Waals surface area contributed by atoms with E-state index in [4.69, 9.17) is 23.2 Å². The van der Waals surface area contributed by atoms with Gasteiger partial charge >= 0.3 is 0 Å². The molecule has 3 aromatic rings. The third-order valence-electron chi connectivity index (χ3n) is 4.76. The summed E-state index contributed by atoms with van der Waals surface area (Å²) >= 11 is 11.9. The molecule has 0 bridgehead atoms. The smallest absolute Gasteiger partial charge is 0.224 e. The molecule has 2 aromatic heterocycles. The SMILES string of the molecule is Clc1ccc2c(NCCN3CCN(c4ccnc(Cl)n4)CC3)ccnc2c1. The van der Waals surface area contributed by atoms with E-state index >= 15 is 0 Å². The highest BCUT2D eigenvalue weighted by Crippen LogP contribution is 2.24. The minimum absolute atomic E-state index is 0.296. The second-order valence-electron chi connectivity index (χ2n) is 6.46. The number of nitrogens with one attached hydrogen (secondary N) is 1. The summed E-state index contributed by atoms with van der Waals surface area (Å²) in [5, 5.41) is 5.62. The monoisotopic (exact) mass is 402 g/mol. The Morgan fingerprint density at radius 3 is 2.59 bits per heavy atom. The summed E-state index contributed by atoms with van der Waals surface area (Å²) < 4.78 is 0. The lowest BCUT2D eigenvalue weighted by molar-refractivity contribution is 0.266. The van der Waals surface area contributed by atoms with Gasteiger partial charge in [0, 0.05) is 67.8 Å². The zero-order valence-electron chi connectivity index (χ0n) is 14.8. The standard InChI is InChI=1S/C19H20Cl2N6/c20-14-1-2-15-16(3-5-22-17(15)13-14)23-7-8-26-9-11-27(12-10-26)18-4-6-24-19(21)25-18/h1-6,13H,7-12H2,(H,22,23). The third-order valence-corrected chi connectivity index (χ3v) is 5.17. The second-order valence-corrected chi connectivity index (χ2v) is 7.23. The largest absolute Gasteiger partial charge is 0.383 e. The normalized spacial score (nSPS) is 15.3. The maximum absolute atomic E-state index is 6.06.